The fraction of sp³-hybridized carbons (Fsp3) is 0.469. The Morgan fingerprint density at radius 3 is 2.56 bits per heavy atom. The van der Waals surface area contributed by atoms with Gasteiger partial charge < -0.3 is 35.4 Å². The highest BCUT2D eigenvalue weighted by atomic mass is 32.2. The predicted octanol–water partition coefficient (Wildman–Crippen LogP) is 3.73. The van der Waals surface area contributed by atoms with E-state index in [1.807, 2.05) is 6.08 Å². The van der Waals surface area contributed by atoms with Gasteiger partial charge in [0.05, 0.1) is 10.6 Å². The normalized spacial score (nSPS) is 21.0. The van der Waals surface area contributed by atoms with E-state index in [1.54, 1.807) is 6.07 Å². The number of phenols is 1. The number of nitrogens with one attached hydrogen (secondary N) is 2. The van der Waals surface area contributed by atoms with Crippen LogP contribution in [0.1, 0.15) is 49.7 Å². The third kappa shape index (κ3) is 7.17. The summed E-state index contributed by atoms with van der Waals surface area (Å²) >= 11 is 1.49. The number of aliphatic hydroxyl groups excluding tert-OH is 1. The maximum absolute atomic E-state index is 12.5. The SMILES string of the molecule is O=C1CCc2c(OC[C@@H](O)CNC3CCN(c4ccc(/C=C5\SC(N6CCCCC6)=NC5=O)cc4)CC3)ccc(O)c2N1. The second kappa shape index (κ2) is 13.4. The number of carbonyl (C=O) groups excluding carboxylic acids is 2. The quantitative estimate of drug-likeness (QED) is 0.263. The van der Waals surface area contributed by atoms with Crippen molar-refractivity contribution in [2.45, 2.75) is 57.1 Å². The Morgan fingerprint density at radius 1 is 1.02 bits per heavy atom. The molecule has 10 nitrogen and oxygen atoms in total. The number of phenolic OH excluding ortho intramolecular Hbond substituents is 1. The van der Waals surface area contributed by atoms with Crippen LogP contribution in [0, 0.1) is 0 Å². The fourth-order valence-electron chi connectivity index (χ4n) is 6.02. The zero-order chi connectivity index (χ0) is 29.8. The highest BCUT2D eigenvalue weighted by molar-refractivity contribution is 8.18. The highest BCUT2D eigenvalue weighted by Crippen LogP contribution is 2.38. The lowest BCUT2D eigenvalue weighted by Gasteiger charge is -2.34. The Balaban J connectivity index is 0.934. The number of amides is 2. The number of fused-ring (bicyclic) bond motifs is 1. The Bertz CT molecular complexity index is 1400. The Morgan fingerprint density at radius 2 is 1.79 bits per heavy atom. The molecule has 2 aromatic rings. The number of piperidine rings is 2. The van der Waals surface area contributed by atoms with Crippen LogP contribution in [-0.4, -0.2) is 83.6 Å². The minimum Gasteiger partial charge on any atom is -0.506 e. The van der Waals surface area contributed by atoms with Crippen LogP contribution in [0.25, 0.3) is 6.08 Å². The minimum atomic E-state index is -0.687. The molecule has 1 atom stereocenters. The van der Waals surface area contributed by atoms with Gasteiger partial charge in [-0.1, -0.05) is 12.1 Å². The van der Waals surface area contributed by atoms with Crippen LogP contribution in [0.4, 0.5) is 11.4 Å². The third-order valence-electron chi connectivity index (χ3n) is 8.47. The summed E-state index contributed by atoms with van der Waals surface area (Å²) in [5.41, 5.74) is 3.33. The zero-order valence-corrected chi connectivity index (χ0v) is 25.1. The number of aliphatic hydroxyl groups is 1. The van der Waals surface area contributed by atoms with Gasteiger partial charge in [-0.15, -0.1) is 0 Å². The summed E-state index contributed by atoms with van der Waals surface area (Å²) in [4.78, 5) is 33.8. The molecule has 43 heavy (non-hydrogen) atoms. The van der Waals surface area contributed by atoms with Crippen LogP contribution in [0.2, 0.25) is 0 Å². The van der Waals surface area contributed by atoms with Crippen molar-refractivity contribution in [3.05, 3.63) is 52.4 Å². The van der Waals surface area contributed by atoms with E-state index in [2.05, 4.69) is 49.7 Å². The first-order chi connectivity index (χ1) is 20.9. The summed E-state index contributed by atoms with van der Waals surface area (Å²) in [6.45, 7) is 4.33. The van der Waals surface area contributed by atoms with Gasteiger partial charge in [0.15, 0.2) is 5.17 Å². The second-order valence-corrected chi connectivity index (χ2v) is 12.6. The molecule has 2 fully saturated rings. The van der Waals surface area contributed by atoms with Crippen molar-refractivity contribution in [1.29, 1.82) is 0 Å². The molecular weight excluding hydrogens is 566 g/mol. The highest BCUT2D eigenvalue weighted by Gasteiger charge is 2.27. The zero-order valence-electron chi connectivity index (χ0n) is 24.3. The van der Waals surface area contributed by atoms with Gasteiger partial charge in [-0.2, -0.15) is 4.99 Å². The molecule has 0 aromatic heterocycles. The number of anilines is 2. The molecule has 4 N–H and O–H groups in total. The molecule has 2 saturated heterocycles. The number of carbonyl (C=O) groups is 2. The van der Waals surface area contributed by atoms with E-state index in [0.29, 0.717) is 41.8 Å². The van der Waals surface area contributed by atoms with E-state index in [1.165, 1.54) is 24.2 Å². The van der Waals surface area contributed by atoms with Gasteiger partial charge in [0.2, 0.25) is 5.91 Å². The van der Waals surface area contributed by atoms with Crippen LogP contribution in [0.3, 0.4) is 0 Å². The fourth-order valence-corrected chi connectivity index (χ4v) is 6.99. The Kier molecular flexibility index (Phi) is 9.20. The number of amidine groups is 1. The Labute approximate surface area is 256 Å². The average molecular weight is 606 g/mol. The summed E-state index contributed by atoms with van der Waals surface area (Å²) in [6.07, 6.45) is 7.58. The van der Waals surface area contributed by atoms with Crippen molar-refractivity contribution >= 4 is 46.2 Å². The van der Waals surface area contributed by atoms with Crippen molar-refractivity contribution in [3.63, 3.8) is 0 Å². The number of hydrogen-bond acceptors (Lipinski definition) is 9. The lowest BCUT2D eigenvalue weighted by atomic mass is 10.0. The van der Waals surface area contributed by atoms with Crippen LogP contribution in [-0.2, 0) is 16.0 Å². The third-order valence-corrected chi connectivity index (χ3v) is 9.52. The van der Waals surface area contributed by atoms with Crippen LogP contribution < -0.4 is 20.3 Å². The van der Waals surface area contributed by atoms with Crippen molar-refractivity contribution in [2.24, 2.45) is 4.99 Å². The number of aliphatic imine (C=N–C) groups is 1. The molecule has 4 aliphatic rings. The molecule has 4 heterocycles. The van der Waals surface area contributed by atoms with E-state index in [9.17, 15) is 19.8 Å². The largest absolute Gasteiger partial charge is 0.506 e. The maximum atomic E-state index is 12.5. The summed E-state index contributed by atoms with van der Waals surface area (Å²) in [5, 5.41) is 27.6. The monoisotopic (exact) mass is 605 g/mol. The number of hydrogen-bond donors (Lipinski definition) is 4. The summed E-state index contributed by atoms with van der Waals surface area (Å²) in [5.74, 6) is 0.327. The Hall–Kier alpha value is -3.54. The number of rotatable bonds is 8. The topological polar surface area (TPSA) is 127 Å². The van der Waals surface area contributed by atoms with E-state index < -0.39 is 6.10 Å². The maximum Gasteiger partial charge on any atom is 0.286 e. The minimum absolute atomic E-state index is 0.0219. The second-order valence-electron chi connectivity index (χ2n) is 11.6. The summed E-state index contributed by atoms with van der Waals surface area (Å²) in [7, 11) is 0. The molecule has 0 aliphatic carbocycles. The van der Waals surface area contributed by atoms with E-state index >= 15 is 0 Å². The molecule has 0 unspecified atom stereocenters. The molecule has 2 amide bonds. The van der Waals surface area contributed by atoms with E-state index in [4.69, 9.17) is 4.74 Å². The average Bonchev–Trinajstić information content (AvgIpc) is 3.40. The van der Waals surface area contributed by atoms with E-state index in [-0.39, 0.29) is 24.2 Å². The van der Waals surface area contributed by atoms with Crippen molar-refractivity contribution in [1.82, 2.24) is 10.2 Å². The number of benzene rings is 2. The van der Waals surface area contributed by atoms with E-state index in [0.717, 1.165) is 73.8 Å². The van der Waals surface area contributed by atoms with Gasteiger partial charge in [-0.3, -0.25) is 9.59 Å². The lowest BCUT2D eigenvalue weighted by molar-refractivity contribution is -0.116. The first-order valence-corrected chi connectivity index (χ1v) is 16.1. The molecular formula is C32H39N5O5S. The summed E-state index contributed by atoms with van der Waals surface area (Å²) < 4.78 is 5.87. The molecule has 6 rings (SSSR count). The molecule has 4 aliphatic heterocycles. The number of ether oxygens (including phenoxy) is 1. The molecule has 11 heteroatoms. The van der Waals surface area contributed by atoms with Crippen LogP contribution in [0.5, 0.6) is 11.5 Å². The number of thioether (sulfide) groups is 1. The smallest absolute Gasteiger partial charge is 0.286 e. The van der Waals surface area contributed by atoms with Gasteiger partial charge in [0, 0.05) is 56.4 Å². The van der Waals surface area contributed by atoms with Crippen LogP contribution in [0.15, 0.2) is 46.3 Å². The summed E-state index contributed by atoms with van der Waals surface area (Å²) in [6, 6.07) is 11.9. The lowest BCUT2D eigenvalue weighted by Crippen LogP contribution is -2.45. The molecule has 0 spiro atoms. The number of nitrogens with zero attached hydrogens (tertiary/aromatic N) is 3. The molecule has 0 radical (unpaired) electrons. The van der Waals surface area contributed by atoms with Crippen molar-refractivity contribution in [3.8, 4) is 11.5 Å². The molecule has 228 valence electrons. The number of aromatic hydroxyl groups is 1. The van der Waals surface area contributed by atoms with Gasteiger partial charge in [0.1, 0.15) is 24.2 Å². The van der Waals surface area contributed by atoms with Crippen LogP contribution >= 0.6 is 11.8 Å². The number of likely N-dealkylation sites (tertiary alicyclic amines) is 1. The van der Waals surface area contributed by atoms with Gasteiger partial charge in [0.25, 0.3) is 5.91 Å². The van der Waals surface area contributed by atoms with Gasteiger partial charge in [-0.25, -0.2) is 0 Å². The standard InChI is InChI=1S/C32H39N5O5S/c38-24(20-42-27-10-9-26(39)30-25(27)8-11-29(40)34-30)19-33-22-12-16-36(17-13-22)23-6-4-21(5-7-23)18-28-31(41)35-32(43-28)37-14-2-1-3-15-37/h4-7,9-10,18,22,24,33,38-39H,1-3,8,11-17,19-20H2,(H,34,40)/b28-18-/t24-/m0/s1. The van der Waals surface area contributed by atoms with Crippen molar-refractivity contribution < 1.29 is 24.5 Å². The molecule has 0 saturated carbocycles. The van der Waals surface area contributed by atoms with Gasteiger partial charge >= 0.3 is 0 Å². The van der Waals surface area contributed by atoms with Gasteiger partial charge in [-0.05, 0) is 86.2 Å². The first-order valence-electron chi connectivity index (χ1n) is 15.2. The molecule has 2 aromatic carbocycles. The predicted molar refractivity (Wildman–Crippen MR) is 170 cm³/mol. The first kappa shape index (κ1) is 29.5. The van der Waals surface area contributed by atoms with Crippen molar-refractivity contribution in [2.75, 3.05) is 49.5 Å². The molecule has 0 bridgehead atoms.